The highest BCUT2D eigenvalue weighted by Gasteiger charge is 2.40. The first-order valence-corrected chi connectivity index (χ1v) is 9.43. The van der Waals surface area contributed by atoms with Gasteiger partial charge in [0.2, 0.25) is 13.0 Å². The Kier molecular flexibility index (Phi) is 3.35. The van der Waals surface area contributed by atoms with Crippen molar-refractivity contribution in [1.29, 1.82) is 0 Å². The third-order valence-electron chi connectivity index (χ3n) is 5.49. The van der Waals surface area contributed by atoms with Crippen molar-refractivity contribution in [1.82, 2.24) is 5.01 Å². The van der Waals surface area contributed by atoms with Crippen LogP contribution in [0.5, 0.6) is 17.2 Å². The van der Waals surface area contributed by atoms with Crippen LogP contribution < -0.4 is 14.2 Å². The van der Waals surface area contributed by atoms with E-state index in [1.54, 1.807) is 0 Å². The van der Waals surface area contributed by atoms with Crippen molar-refractivity contribution < 1.29 is 14.2 Å². The number of hydrogen-bond donors (Lipinski definition) is 0. The first-order valence-electron chi connectivity index (χ1n) is 9.43. The molecule has 28 heavy (non-hydrogen) atoms. The second-order valence-electron chi connectivity index (χ2n) is 7.13. The third kappa shape index (κ3) is 2.36. The van der Waals surface area contributed by atoms with Crippen LogP contribution in [0.25, 0.3) is 0 Å². The van der Waals surface area contributed by atoms with Crippen LogP contribution in [0.3, 0.4) is 0 Å². The molecule has 0 fully saturated rings. The van der Waals surface area contributed by atoms with E-state index in [9.17, 15) is 0 Å². The Morgan fingerprint density at radius 3 is 2.57 bits per heavy atom. The van der Waals surface area contributed by atoms with E-state index >= 15 is 0 Å². The van der Waals surface area contributed by atoms with Crippen LogP contribution in [0.4, 0.5) is 0 Å². The molecule has 6 rings (SSSR count). The van der Waals surface area contributed by atoms with Gasteiger partial charge in [0.15, 0.2) is 11.5 Å². The lowest BCUT2D eigenvalue weighted by molar-refractivity contribution is -0.0190. The molecule has 0 radical (unpaired) electrons. The van der Waals surface area contributed by atoms with Gasteiger partial charge in [-0.3, -0.25) is 0 Å². The SMILES string of the molecule is c1ccc([C@@H]2Oc3ccccc3[C@@H]3CC(c4ccc5c(c4)OCO5)=NN32)cc1. The molecule has 5 heteroatoms. The van der Waals surface area contributed by atoms with Crippen LogP contribution in [0.2, 0.25) is 0 Å². The molecular formula is C23H18N2O3. The van der Waals surface area contributed by atoms with E-state index in [0.29, 0.717) is 0 Å². The quantitative estimate of drug-likeness (QED) is 0.658. The molecule has 3 heterocycles. The Morgan fingerprint density at radius 2 is 1.64 bits per heavy atom. The smallest absolute Gasteiger partial charge is 0.231 e. The zero-order valence-electron chi connectivity index (χ0n) is 15.1. The Morgan fingerprint density at radius 1 is 0.821 bits per heavy atom. The van der Waals surface area contributed by atoms with Crippen LogP contribution in [-0.2, 0) is 0 Å². The fourth-order valence-electron chi connectivity index (χ4n) is 4.12. The van der Waals surface area contributed by atoms with E-state index in [1.807, 2.05) is 42.5 Å². The van der Waals surface area contributed by atoms with Crippen molar-refractivity contribution in [2.45, 2.75) is 18.7 Å². The lowest BCUT2D eigenvalue weighted by Gasteiger charge is -2.38. The minimum Gasteiger partial charge on any atom is -0.464 e. The first-order chi connectivity index (χ1) is 13.9. The van der Waals surface area contributed by atoms with E-state index in [2.05, 4.69) is 35.3 Å². The van der Waals surface area contributed by atoms with Gasteiger partial charge in [0.25, 0.3) is 0 Å². The number of para-hydroxylation sites is 1. The van der Waals surface area contributed by atoms with Crippen LogP contribution >= 0.6 is 0 Å². The summed E-state index contributed by atoms with van der Waals surface area (Å²) in [6.45, 7) is 0.275. The van der Waals surface area contributed by atoms with Gasteiger partial charge in [-0.1, -0.05) is 48.5 Å². The fraction of sp³-hybridized carbons (Fsp3) is 0.174. The van der Waals surface area contributed by atoms with Crippen molar-refractivity contribution in [3.63, 3.8) is 0 Å². The molecule has 0 saturated heterocycles. The van der Waals surface area contributed by atoms with Gasteiger partial charge in [-0.2, -0.15) is 5.10 Å². The van der Waals surface area contributed by atoms with Gasteiger partial charge in [-0.05, 0) is 24.3 Å². The molecule has 0 unspecified atom stereocenters. The van der Waals surface area contributed by atoms with Gasteiger partial charge >= 0.3 is 0 Å². The normalized spacial score (nSPS) is 21.6. The molecule has 3 aromatic rings. The maximum Gasteiger partial charge on any atom is 0.231 e. The van der Waals surface area contributed by atoms with E-state index in [-0.39, 0.29) is 19.1 Å². The van der Waals surface area contributed by atoms with Gasteiger partial charge in [-0.25, -0.2) is 5.01 Å². The molecule has 5 nitrogen and oxygen atoms in total. The standard InChI is InChI=1S/C23H18N2O3/c1-2-6-15(7-3-1)23-25-19(17-8-4-5-9-20(17)28-23)13-18(24-25)16-10-11-21-22(12-16)27-14-26-21/h1-12,19,23H,13-14H2/t19-,23-/m0/s1. The van der Waals surface area contributed by atoms with Crippen LogP contribution in [0.1, 0.15) is 35.4 Å². The number of fused-ring (bicyclic) bond motifs is 4. The maximum atomic E-state index is 6.36. The summed E-state index contributed by atoms with van der Waals surface area (Å²) in [5, 5.41) is 7.09. The molecule has 0 aromatic heterocycles. The fourth-order valence-corrected chi connectivity index (χ4v) is 4.12. The molecule has 0 saturated carbocycles. The van der Waals surface area contributed by atoms with E-state index in [1.165, 1.54) is 5.56 Å². The molecule has 3 aromatic carbocycles. The van der Waals surface area contributed by atoms with Crippen LogP contribution in [-0.4, -0.2) is 17.5 Å². The van der Waals surface area contributed by atoms with E-state index < -0.39 is 0 Å². The highest BCUT2D eigenvalue weighted by atomic mass is 16.7. The Hall–Kier alpha value is -3.47. The monoisotopic (exact) mass is 370 g/mol. The zero-order valence-corrected chi connectivity index (χ0v) is 15.1. The van der Waals surface area contributed by atoms with Crippen molar-refractivity contribution in [2.75, 3.05) is 6.79 Å². The number of rotatable bonds is 2. The van der Waals surface area contributed by atoms with E-state index in [0.717, 1.165) is 40.5 Å². The predicted octanol–water partition coefficient (Wildman–Crippen LogP) is 4.66. The minimum atomic E-state index is -0.243. The molecule has 0 N–H and O–H groups in total. The predicted molar refractivity (Wildman–Crippen MR) is 105 cm³/mol. The molecule has 0 spiro atoms. The summed E-state index contributed by atoms with van der Waals surface area (Å²) in [4.78, 5) is 0. The lowest BCUT2D eigenvalue weighted by Crippen LogP contribution is -2.33. The van der Waals surface area contributed by atoms with Gasteiger partial charge in [0, 0.05) is 23.1 Å². The number of ether oxygens (including phenoxy) is 3. The topological polar surface area (TPSA) is 43.3 Å². The van der Waals surface area contributed by atoms with Crippen LogP contribution in [0, 0.1) is 0 Å². The first kappa shape index (κ1) is 15.6. The molecule has 0 bridgehead atoms. The van der Waals surface area contributed by atoms with Crippen LogP contribution in [0.15, 0.2) is 77.9 Å². The van der Waals surface area contributed by atoms with Gasteiger partial charge in [0.1, 0.15) is 5.75 Å². The second-order valence-corrected chi connectivity index (χ2v) is 7.13. The van der Waals surface area contributed by atoms with Crippen molar-refractivity contribution in [2.24, 2.45) is 5.10 Å². The average Bonchev–Trinajstić information content (AvgIpc) is 3.40. The van der Waals surface area contributed by atoms with Gasteiger partial charge in [-0.15, -0.1) is 0 Å². The third-order valence-corrected chi connectivity index (χ3v) is 5.49. The summed E-state index contributed by atoms with van der Waals surface area (Å²) in [5.74, 6) is 2.50. The number of hydrogen-bond acceptors (Lipinski definition) is 5. The van der Waals surface area contributed by atoms with Gasteiger partial charge in [0.05, 0.1) is 11.8 Å². The summed E-state index contributed by atoms with van der Waals surface area (Å²) in [6.07, 6.45) is 0.580. The Labute approximate surface area is 162 Å². The molecule has 138 valence electrons. The van der Waals surface area contributed by atoms with Crippen molar-refractivity contribution in [3.05, 3.63) is 89.5 Å². The maximum absolute atomic E-state index is 6.36. The number of hydrazone groups is 1. The molecular weight excluding hydrogens is 352 g/mol. The lowest BCUT2D eigenvalue weighted by atomic mass is 9.96. The summed E-state index contributed by atoms with van der Waals surface area (Å²) >= 11 is 0. The molecule has 2 atom stereocenters. The Bertz CT molecular complexity index is 1080. The molecule has 0 amide bonds. The summed E-state index contributed by atoms with van der Waals surface area (Å²) in [7, 11) is 0. The molecule has 3 aliphatic rings. The van der Waals surface area contributed by atoms with E-state index in [4.69, 9.17) is 19.3 Å². The second kappa shape index (κ2) is 6.02. The molecule has 3 aliphatic heterocycles. The highest BCUT2D eigenvalue weighted by molar-refractivity contribution is 6.02. The van der Waals surface area contributed by atoms with Gasteiger partial charge < -0.3 is 14.2 Å². The largest absolute Gasteiger partial charge is 0.464 e. The summed E-state index contributed by atoms with van der Waals surface area (Å²) < 4.78 is 17.4. The van der Waals surface area contributed by atoms with Crippen molar-refractivity contribution >= 4 is 5.71 Å². The zero-order chi connectivity index (χ0) is 18.5. The number of benzene rings is 3. The van der Waals surface area contributed by atoms with Crippen molar-refractivity contribution in [3.8, 4) is 17.2 Å². The summed E-state index contributed by atoms with van der Waals surface area (Å²) in [6, 6.07) is 24.7. The minimum absolute atomic E-state index is 0.149. The average molecular weight is 370 g/mol. The summed E-state index contributed by atoms with van der Waals surface area (Å²) in [5.41, 5.74) is 4.36. The number of nitrogens with zero attached hydrogens (tertiary/aromatic N) is 2. The Balaban J connectivity index is 1.43. The highest BCUT2D eigenvalue weighted by Crippen LogP contribution is 2.47. The molecule has 0 aliphatic carbocycles.